The Balaban J connectivity index is 1.80. The molecule has 2 aliphatic heterocycles. The molecule has 1 fully saturated rings. The van der Waals surface area contributed by atoms with Gasteiger partial charge < -0.3 is 13.6 Å². The highest BCUT2D eigenvalue weighted by Crippen LogP contribution is 2.50. The van der Waals surface area contributed by atoms with Crippen LogP contribution in [0.2, 0.25) is 23.2 Å². The molecule has 2 aromatic carbocycles. The van der Waals surface area contributed by atoms with Gasteiger partial charge >= 0.3 is 5.69 Å². The lowest BCUT2D eigenvalue weighted by Gasteiger charge is -2.47. The summed E-state index contributed by atoms with van der Waals surface area (Å²) >= 11 is 0. The minimum Gasteiger partial charge on any atom is -0.414 e. The minimum absolute atomic E-state index is 0.00699. The number of nitrogens with zero attached hydrogens (tertiary/aromatic N) is 2. The summed E-state index contributed by atoms with van der Waals surface area (Å²) in [6, 6.07) is 19.8. The Morgan fingerprint density at radius 1 is 0.896 bits per heavy atom. The molecule has 260 valence electrons. The topological polar surface area (TPSA) is 115 Å². The summed E-state index contributed by atoms with van der Waals surface area (Å²) in [5.41, 5.74) is -2.44. The largest absolute Gasteiger partial charge is 0.414 e. The van der Waals surface area contributed by atoms with Crippen molar-refractivity contribution in [2.24, 2.45) is 7.05 Å². The highest BCUT2D eigenvalue weighted by Gasteiger charge is 2.66. The average molecular weight is 713 g/mol. The summed E-state index contributed by atoms with van der Waals surface area (Å²) in [7, 11) is -8.53. The monoisotopic (exact) mass is 712 g/mol. The third-order valence-electron chi connectivity index (χ3n) is 10.1. The number of benzene rings is 2. The van der Waals surface area contributed by atoms with Crippen LogP contribution in [0, 0.1) is 6.92 Å². The van der Waals surface area contributed by atoms with Crippen molar-refractivity contribution < 1.29 is 26.2 Å². The van der Waals surface area contributed by atoms with Crippen LogP contribution in [0.3, 0.4) is 0 Å². The molecule has 2 aliphatic rings. The molecule has 48 heavy (non-hydrogen) atoms. The second-order valence-electron chi connectivity index (χ2n) is 15.4. The molecule has 1 aromatic heterocycles. The zero-order valence-corrected chi connectivity index (χ0v) is 32.3. The summed E-state index contributed by atoms with van der Waals surface area (Å²) in [6.07, 6.45) is -0.396. The number of ether oxygens (including phenoxy) is 1. The van der Waals surface area contributed by atoms with Crippen molar-refractivity contribution in [2.45, 2.75) is 95.7 Å². The first-order chi connectivity index (χ1) is 22.2. The van der Waals surface area contributed by atoms with Gasteiger partial charge in [-0.25, -0.2) is 4.79 Å². The number of hydrogen-bond acceptors (Lipinski definition) is 8. The second-order valence-corrected chi connectivity index (χ2v) is 25.9. The number of hydrogen-bond donors (Lipinski definition) is 0. The van der Waals surface area contributed by atoms with Gasteiger partial charge in [-0.2, -0.15) is 8.42 Å². The maximum absolute atomic E-state index is 13.9. The van der Waals surface area contributed by atoms with E-state index in [0.717, 1.165) is 20.3 Å². The van der Waals surface area contributed by atoms with Gasteiger partial charge in [0.1, 0.15) is 12.2 Å². The summed E-state index contributed by atoms with van der Waals surface area (Å²) in [5.74, 6) is 0. The Hall–Kier alpha value is -2.92. The Morgan fingerprint density at radius 3 is 1.90 bits per heavy atom. The van der Waals surface area contributed by atoms with Crippen LogP contribution in [0.4, 0.5) is 0 Å². The fourth-order valence-corrected chi connectivity index (χ4v) is 13.2. The van der Waals surface area contributed by atoms with Gasteiger partial charge in [-0.3, -0.25) is 18.1 Å². The van der Waals surface area contributed by atoms with Crippen LogP contribution in [0.1, 0.15) is 53.3 Å². The van der Waals surface area contributed by atoms with E-state index in [2.05, 4.69) is 54.6 Å². The zero-order chi connectivity index (χ0) is 35.5. The molecule has 1 unspecified atom stereocenters. The van der Waals surface area contributed by atoms with E-state index < -0.39 is 67.1 Å². The van der Waals surface area contributed by atoms with Crippen LogP contribution in [-0.4, -0.2) is 58.6 Å². The Kier molecular flexibility index (Phi) is 9.43. The molecule has 0 amide bonds. The first-order valence-corrected chi connectivity index (χ1v) is 22.5. The predicted octanol–water partition coefficient (Wildman–Crippen LogP) is 4.33. The van der Waals surface area contributed by atoms with Crippen LogP contribution in [0.25, 0.3) is 0 Å². The van der Waals surface area contributed by atoms with E-state index in [0.29, 0.717) is 5.56 Å². The maximum Gasteiger partial charge on any atom is 0.332 e. The van der Waals surface area contributed by atoms with E-state index >= 15 is 0 Å². The SMILES string of the molecule is Cc1cn([C@@H]2O[C@H](CO[Si](C)(C)C(C)(C)C)C3(C=CS(=O)(=O)O3)[C@H]2O[Si](c2ccccc2)(c2ccccc2)C(C)(C)C)c(=O)n(C)c1=O. The molecule has 3 aromatic rings. The van der Waals surface area contributed by atoms with E-state index in [9.17, 15) is 18.0 Å². The van der Waals surface area contributed by atoms with Gasteiger partial charge in [0, 0.05) is 18.8 Å². The molecule has 1 saturated heterocycles. The Morgan fingerprint density at radius 2 is 1.44 bits per heavy atom. The molecule has 0 bridgehead atoms. The fraction of sp³-hybridized carbons (Fsp3) is 0.486. The van der Waals surface area contributed by atoms with E-state index in [1.165, 1.54) is 23.9 Å². The first kappa shape index (κ1) is 36.4. The molecule has 4 atom stereocenters. The van der Waals surface area contributed by atoms with Crippen LogP contribution >= 0.6 is 0 Å². The molecule has 5 rings (SSSR count). The highest BCUT2D eigenvalue weighted by atomic mass is 32.2. The van der Waals surface area contributed by atoms with Gasteiger partial charge in [0.15, 0.2) is 20.1 Å². The van der Waals surface area contributed by atoms with Crippen LogP contribution < -0.4 is 21.6 Å². The van der Waals surface area contributed by atoms with Crippen LogP contribution in [-0.2, 0) is 34.9 Å². The molecule has 3 heterocycles. The standard InChI is InChI=1S/C35H48N2O8SSi2/c1-25-23-37(32(39)36(8)30(25)38)31-29(35(21-22-46(40,41)45-35)28(43-31)24-42-47(9,10)33(2,3)4)44-48(34(5,6)7,26-17-13-11-14-18-26)27-19-15-12-16-20-27/h11-23,28-29,31H,24H2,1-10H3/t28-,29+,31-,35?/m1/s1. The molecular weight excluding hydrogens is 665 g/mol. The molecular formula is C35H48N2O8SSi2. The summed E-state index contributed by atoms with van der Waals surface area (Å²) < 4.78 is 55.9. The third-order valence-corrected chi connectivity index (χ3v) is 20.6. The van der Waals surface area contributed by atoms with Gasteiger partial charge in [0.2, 0.25) is 0 Å². The summed E-state index contributed by atoms with van der Waals surface area (Å²) in [4.78, 5) is 26.7. The van der Waals surface area contributed by atoms with Crippen molar-refractivity contribution >= 4 is 37.1 Å². The smallest absolute Gasteiger partial charge is 0.332 e. The number of aryl methyl sites for hydroxylation is 1. The molecule has 0 N–H and O–H groups in total. The molecule has 1 spiro atoms. The Labute approximate surface area is 285 Å². The summed E-state index contributed by atoms with van der Waals surface area (Å²) in [5, 5.41) is 2.28. The van der Waals surface area contributed by atoms with Crippen LogP contribution in [0.5, 0.6) is 0 Å². The molecule has 0 radical (unpaired) electrons. The lowest BCUT2D eigenvalue weighted by atomic mass is 9.92. The molecule has 10 nitrogen and oxygen atoms in total. The molecule has 13 heteroatoms. The quantitative estimate of drug-likeness (QED) is 0.251. The number of rotatable bonds is 8. The van der Waals surface area contributed by atoms with E-state index in [1.807, 2.05) is 60.7 Å². The lowest BCUT2D eigenvalue weighted by molar-refractivity contribution is -0.0549. The predicted molar refractivity (Wildman–Crippen MR) is 192 cm³/mol. The molecule has 0 saturated carbocycles. The van der Waals surface area contributed by atoms with Crippen molar-refractivity contribution in [2.75, 3.05) is 6.61 Å². The van der Waals surface area contributed by atoms with Gasteiger partial charge in [-0.1, -0.05) is 102 Å². The van der Waals surface area contributed by atoms with Crippen molar-refractivity contribution in [1.82, 2.24) is 9.13 Å². The number of aromatic nitrogens is 2. The van der Waals surface area contributed by atoms with Crippen molar-refractivity contribution in [3.8, 4) is 0 Å². The fourth-order valence-electron chi connectivity index (χ4n) is 6.44. The normalized spacial score (nSPS) is 24.4. The first-order valence-electron chi connectivity index (χ1n) is 16.2. The third kappa shape index (κ3) is 6.18. The van der Waals surface area contributed by atoms with Crippen LogP contribution in [0.15, 0.2) is 87.9 Å². The van der Waals surface area contributed by atoms with E-state index in [1.54, 1.807) is 6.92 Å². The second kappa shape index (κ2) is 12.4. The van der Waals surface area contributed by atoms with E-state index in [-0.39, 0.29) is 11.6 Å². The van der Waals surface area contributed by atoms with Gasteiger partial charge in [-0.05, 0) is 46.5 Å². The van der Waals surface area contributed by atoms with Crippen molar-refractivity contribution in [3.63, 3.8) is 0 Å². The maximum atomic E-state index is 13.9. The molecule has 0 aliphatic carbocycles. The van der Waals surface area contributed by atoms with Gasteiger partial charge in [0.25, 0.3) is 24.0 Å². The average Bonchev–Trinajstić information content (AvgIpc) is 3.49. The van der Waals surface area contributed by atoms with Gasteiger partial charge in [-0.15, -0.1) is 0 Å². The Bertz CT molecular complexity index is 1870. The zero-order valence-electron chi connectivity index (χ0n) is 29.5. The minimum atomic E-state index is -4.16. The van der Waals surface area contributed by atoms with Crippen molar-refractivity contribution in [1.29, 1.82) is 0 Å². The summed E-state index contributed by atoms with van der Waals surface area (Å²) in [6.45, 7) is 18.5. The van der Waals surface area contributed by atoms with Crippen molar-refractivity contribution in [3.05, 3.63) is 105 Å². The van der Waals surface area contributed by atoms with Gasteiger partial charge in [0.05, 0.1) is 12.0 Å². The van der Waals surface area contributed by atoms with E-state index in [4.69, 9.17) is 17.8 Å². The highest BCUT2D eigenvalue weighted by molar-refractivity contribution is 7.90. The lowest BCUT2D eigenvalue weighted by Crippen LogP contribution is -2.70.